The topological polar surface area (TPSA) is 126 Å². The molecule has 0 bridgehead atoms. The molecule has 1 aromatic carbocycles. The number of aryl methyl sites for hydroxylation is 1. The first-order chi connectivity index (χ1) is 15.1. The number of nitrogens with zero attached hydrogens (tertiary/aromatic N) is 3. The molecular formula is C20H16F3N5O4. The number of carbonyl (C=O) groups is 1. The third-order valence-electron chi connectivity index (χ3n) is 4.49. The number of nitro benzene ring substituents is 1. The van der Waals surface area contributed by atoms with Crippen LogP contribution in [0.5, 0.6) is 0 Å². The fraction of sp³-hybridized carbons (Fsp3) is 0.200. The molecule has 0 radical (unpaired) electrons. The zero-order valence-electron chi connectivity index (χ0n) is 16.6. The minimum atomic E-state index is -4.71. The van der Waals surface area contributed by atoms with E-state index in [4.69, 9.17) is 4.42 Å². The average Bonchev–Trinajstić information content (AvgIpc) is 3.37. The van der Waals surface area contributed by atoms with Crippen LogP contribution < -0.4 is 10.6 Å². The van der Waals surface area contributed by atoms with Crippen molar-refractivity contribution in [1.82, 2.24) is 9.88 Å². The van der Waals surface area contributed by atoms with E-state index in [1.54, 1.807) is 29.1 Å². The number of nitro groups is 1. The van der Waals surface area contributed by atoms with E-state index < -0.39 is 28.3 Å². The van der Waals surface area contributed by atoms with E-state index >= 15 is 0 Å². The molecule has 0 saturated carbocycles. The van der Waals surface area contributed by atoms with Gasteiger partial charge in [-0.2, -0.15) is 18.4 Å². The van der Waals surface area contributed by atoms with E-state index in [9.17, 15) is 33.3 Å². The third-order valence-corrected chi connectivity index (χ3v) is 4.49. The first kappa shape index (κ1) is 22.4. The Balaban J connectivity index is 1.68. The van der Waals surface area contributed by atoms with Crippen LogP contribution in [-0.4, -0.2) is 28.5 Å². The van der Waals surface area contributed by atoms with Gasteiger partial charge in [0.1, 0.15) is 28.6 Å². The van der Waals surface area contributed by atoms with Crippen molar-refractivity contribution >= 4 is 17.3 Å². The number of furan rings is 1. The molecule has 3 rings (SSSR count). The van der Waals surface area contributed by atoms with Crippen LogP contribution >= 0.6 is 0 Å². The van der Waals surface area contributed by atoms with Gasteiger partial charge in [0.15, 0.2) is 0 Å². The summed E-state index contributed by atoms with van der Waals surface area (Å²) in [5, 5.41) is 25.8. The van der Waals surface area contributed by atoms with Crippen LogP contribution in [0.3, 0.4) is 0 Å². The number of hydrogen-bond acceptors (Lipinski definition) is 6. The fourth-order valence-corrected chi connectivity index (χ4v) is 3.03. The Bertz CT molecular complexity index is 1190. The molecule has 166 valence electrons. The summed E-state index contributed by atoms with van der Waals surface area (Å²) < 4.78 is 45.5. The fourth-order valence-electron chi connectivity index (χ4n) is 3.03. The summed E-state index contributed by atoms with van der Waals surface area (Å²) in [6.45, 7) is 1.50. The van der Waals surface area contributed by atoms with Gasteiger partial charge in [-0.25, -0.2) is 0 Å². The maximum Gasteiger partial charge on any atom is 0.416 e. The van der Waals surface area contributed by atoms with E-state index in [0.717, 1.165) is 12.1 Å². The maximum atomic E-state index is 12.8. The van der Waals surface area contributed by atoms with Crippen LogP contribution in [0, 0.1) is 28.4 Å². The number of alkyl halides is 3. The van der Waals surface area contributed by atoms with E-state index in [2.05, 4.69) is 10.6 Å². The van der Waals surface area contributed by atoms with Crippen LogP contribution in [0.4, 0.5) is 24.5 Å². The van der Waals surface area contributed by atoms with Crippen LogP contribution in [0.25, 0.3) is 5.88 Å². The summed E-state index contributed by atoms with van der Waals surface area (Å²) in [6, 6.07) is 7.53. The normalized spacial score (nSPS) is 11.1. The molecule has 0 saturated heterocycles. The predicted octanol–water partition coefficient (Wildman–Crippen LogP) is 4.02. The van der Waals surface area contributed by atoms with Crippen molar-refractivity contribution in [3.8, 4) is 12.0 Å². The molecule has 0 fully saturated rings. The SMILES string of the molecule is Cc1oc(-n2cccc2)c(C#N)c1C(=O)NCCNc1ccc(C(F)(F)F)cc1[N+](=O)[O-]. The molecule has 2 aromatic heterocycles. The molecule has 0 aliphatic carbocycles. The van der Waals surface area contributed by atoms with Gasteiger partial charge in [-0.3, -0.25) is 19.5 Å². The summed E-state index contributed by atoms with van der Waals surface area (Å²) >= 11 is 0. The number of nitriles is 1. The molecule has 2 heterocycles. The van der Waals surface area contributed by atoms with Crippen molar-refractivity contribution in [3.05, 3.63) is 75.3 Å². The van der Waals surface area contributed by atoms with Gasteiger partial charge in [-0.1, -0.05) is 0 Å². The van der Waals surface area contributed by atoms with Gasteiger partial charge in [0.25, 0.3) is 11.6 Å². The molecule has 0 unspecified atom stereocenters. The Labute approximate surface area is 179 Å². The van der Waals surface area contributed by atoms with Gasteiger partial charge in [0.05, 0.1) is 10.5 Å². The molecule has 0 atom stereocenters. The van der Waals surface area contributed by atoms with Crippen LogP contribution in [0.15, 0.2) is 47.1 Å². The van der Waals surface area contributed by atoms with E-state index in [0.29, 0.717) is 6.07 Å². The van der Waals surface area contributed by atoms with Crippen molar-refractivity contribution in [2.45, 2.75) is 13.1 Å². The first-order valence-electron chi connectivity index (χ1n) is 9.18. The highest BCUT2D eigenvalue weighted by atomic mass is 19.4. The van der Waals surface area contributed by atoms with Crippen molar-refractivity contribution in [3.63, 3.8) is 0 Å². The molecule has 0 aliphatic rings. The quantitative estimate of drug-likeness (QED) is 0.320. The number of halogens is 3. The zero-order valence-corrected chi connectivity index (χ0v) is 16.6. The molecule has 0 aliphatic heterocycles. The predicted molar refractivity (Wildman–Crippen MR) is 106 cm³/mol. The van der Waals surface area contributed by atoms with Crippen molar-refractivity contribution in [1.29, 1.82) is 5.26 Å². The largest absolute Gasteiger partial charge is 0.443 e. The average molecular weight is 447 g/mol. The van der Waals surface area contributed by atoms with E-state index in [-0.39, 0.29) is 41.5 Å². The highest BCUT2D eigenvalue weighted by molar-refractivity contribution is 5.98. The number of rotatable bonds is 7. The van der Waals surface area contributed by atoms with E-state index in [1.165, 1.54) is 6.92 Å². The molecule has 2 N–H and O–H groups in total. The monoisotopic (exact) mass is 447 g/mol. The number of hydrogen-bond donors (Lipinski definition) is 2. The second-order valence-electron chi connectivity index (χ2n) is 6.58. The Morgan fingerprint density at radius 2 is 1.97 bits per heavy atom. The Hall–Kier alpha value is -4.27. The summed E-state index contributed by atoms with van der Waals surface area (Å²) in [6.07, 6.45) is -1.40. The highest BCUT2D eigenvalue weighted by Gasteiger charge is 2.33. The Morgan fingerprint density at radius 1 is 1.28 bits per heavy atom. The molecule has 1 amide bonds. The van der Waals surface area contributed by atoms with Gasteiger partial charge < -0.3 is 15.1 Å². The number of nitrogens with one attached hydrogen (secondary N) is 2. The van der Waals surface area contributed by atoms with Crippen LogP contribution in [0.2, 0.25) is 0 Å². The lowest BCUT2D eigenvalue weighted by Crippen LogP contribution is -2.29. The van der Waals surface area contributed by atoms with Gasteiger partial charge >= 0.3 is 6.18 Å². The molecule has 12 heteroatoms. The number of amides is 1. The lowest BCUT2D eigenvalue weighted by atomic mass is 10.1. The minimum absolute atomic E-state index is 0.0127. The molecule has 9 nitrogen and oxygen atoms in total. The first-order valence-corrected chi connectivity index (χ1v) is 9.18. The molecular weight excluding hydrogens is 431 g/mol. The molecule has 3 aromatic rings. The van der Waals surface area contributed by atoms with Crippen molar-refractivity contribution in [2.75, 3.05) is 18.4 Å². The van der Waals surface area contributed by atoms with Crippen LogP contribution in [-0.2, 0) is 6.18 Å². The Kier molecular flexibility index (Phi) is 6.20. The number of aromatic nitrogens is 1. The minimum Gasteiger partial charge on any atom is -0.443 e. The summed E-state index contributed by atoms with van der Waals surface area (Å²) in [7, 11) is 0. The summed E-state index contributed by atoms with van der Waals surface area (Å²) in [5.41, 5.74) is -1.90. The lowest BCUT2D eigenvalue weighted by Gasteiger charge is -2.11. The van der Waals surface area contributed by atoms with E-state index in [1.807, 2.05) is 6.07 Å². The third kappa shape index (κ3) is 4.56. The van der Waals surface area contributed by atoms with Gasteiger partial charge in [-0.05, 0) is 31.2 Å². The van der Waals surface area contributed by atoms with Crippen molar-refractivity contribution in [2.24, 2.45) is 0 Å². The molecule has 0 spiro atoms. The summed E-state index contributed by atoms with van der Waals surface area (Å²) in [4.78, 5) is 22.8. The second kappa shape index (κ2) is 8.84. The van der Waals surface area contributed by atoms with Crippen LogP contribution in [0.1, 0.15) is 27.2 Å². The molecule has 32 heavy (non-hydrogen) atoms. The highest BCUT2D eigenvalue weighted by Crippen LogP contribution is 2.34. The van der Waals surface area contributed by atoms with Gasteiger partial charge in [0.2, 0.25) is 5.88 Å². The second-order valence-corrected chi connectivity index (χ2v) is 6.58. The smallest absolute Gasteiger partial charge is 0.416 e. The van der Waals surface area contributed by atoms with Gasteiger partial charge in [-0.15, -0.1) is 0 Å². The van der Waals surface area contributed by atoms with Gasteiger partial charge in [0, 0.05) is 31.5 Å². The zero-order chi connectivity index (χ0) is 23.5. The number of carbonyl (C=O) groups excluding carboxylic acids is 1. The summed E-state index contributed by atoms with van der Waals surface area (Å²) in [5.74, 6) is -0.169. The number of anilines is 1. The lowest BCUT2D eigenvalue weighted by molar-refractivity contribution is -0.384. The standard InChI is InChI=1S/C20H16F3N5O4/c1-12-17(14(11-24)19(32-12)27-8-2-3-9-27)18(29)26-7-6-25-15-5-4-13(20(21,22)23)10-16(15)28(30)31/h2-5,8-10,25H,6-7H2,1H3,(H,26,29). The van der Waals surface area contributed by atoms with Crippen molar-refractivity contribution < 1.29 is 27.3 Å². The Morgan fingerprint density at radius 3 is 2.56 bits per heavy atom. The number of benzene rings is 1. The maximum absolute atomic E-state index is 12.8.